The number of anilines is 2. The second-order valence-electron chi connectivity index (χ2n) is 6.98. The maximum absolute atomic E-state index is 6.22. The van der Waals surface area contributed by atoms with E-state index in [1.807, 2.05) is 12.1 Å². The van der Waals surface area contributed by atoms with Crippen LogP contribution in [-0.2, 0) is 6.54 Å². The van der Waals surface area contributed by atoms with E-state index in [1.54, 1.807) is 12.3 Å². The number of aromatic nitrogens is 2. The molecule has 1 aliphatic rings. The summed E-state index contributed by atoms with van der Waals surface area (Å²) in [7, 11) is 0. The van der Waals surface area contributed by atoms with Gasteiger partial charge < -0.3 is 16.4 Å². The number of nitrogens with zero attached hydrogens (tertiary/aromatic N) is 2. The lowest BCUT2D eigenvalue weighted by atomic mass is 9.82. The van der Waals surface area contributed by atoms with E-state index in [4.69, 9.17) is 28.9 Å². The average molecular weight is 473 g/mol. The molecule has 0 spiro atoms. The number of nitrogens with two attached hydrogens (primary N) is 1. The Bertz CT molecular complexity index is 766. The van der Waals surface area contributed by atoms with Crippen LogP contribution in [0.1, 0.15) is 31.2 Å². The first-order chi connectivity index (χ1) is 13.0. The summed E-state index contributed by atoms with van der Waals surface area (Å²) >= 11 is 15.7. The predicted molar refractivity (Wildman–Crippen MR) is 117 cm³/mol. The molecule has 3 rings (SSSR count). The van der Waals surface area contributed by atoms with E-state index in [-0.39, 0.29) is 0 Å². The average Bonchev–Trinajstić information content (AvgIpc) is 2.67. The van der Waals surface area contributed by atoms with Crippen LogP contribution in [-0.4, -0.2) is 23.1 Å². The van der Waals surface area contributed by atoms with E-state index >= 15 is 0 Å². The molecule has 1 aromatic heterocycles. The minimum atomic E-state index is 0.528. The molecule has 0 aliphatic heterocycles. The Kier molecular flexibility index (Phi) is 7.58. The van der Waals surface area contributed by atoms with Crippen LogP contribution in [0.25, 0.3) is 0 Å². The van der Waals surface area contributed by atoms with Crippen molar-refractivity contribution in [3.63, 3.8) is 0 Å². The van der Waals surface area contributed by atoms with Gasteiger partial charge in [0.25, 0.3) is 0 Å². The smallest absolute Gasteiger partial charge is 0.224 e. The molecule has 2 aromatic rings. The predicted octanol–water partition coefficient (Wildman–Crippen LogP) is 5.34. The fourth-order valence-electron chi connectivity index (χ4n) is 3.33. The summed E-state index contributed by atoms with van der Waals surface area (Å²) in [6.07, 6.45) is 6.65. The lowest BCUT2D eigenvalue weighted by Gasteiger charge is -2.27. The van der Waals surface area contributed by atoms with Gasteiger partial charge in [0.1, 0.15) is 5.82 Å². The van der Waals surface area contributed by atoms with Crippen molar-refractivity contribution in [1.82, 2.24) is 9.97 Å². The second kappa shape index (κ2) is 9.92. The van der Waals surface area contributed by atoms with E-state index in [1.165, 1.54) is 25.7 Å². The Labute approximate surface area is 178 Å². The maximum Gasteiger partial charge on any atom is 0.224 e. The van der Waals surface area contributed by atoms with Crippen molar-refractivity contribution < 1.29 is 0 Å². The third-order valence-corrected chi connectivity index (χ3v) is 6.22. The molecule has 27 heavy (non-hydrogen) atoms. The first-order valence-corrected chi connectivity index (χ1v) is 10.7. The maximum atomic E-state index is 6.22. The molecule has 0 atom stereocenters. The van der Waals surface area contributed by atoms with Crippen molar-refractivity contribution in [2.75, 3.05) is 23.7 Å². The van der Waals surface area contributed by atoms with Crippen molar-refractivity contribution in [2.45, 2.75) is 32.2 Å². The second-order valence-corrected chi connectivity index (χ2v) is 8.68. The number of halogens is 3. The standard InChI is InChI=1S/C19H24BrCl2N5/c20-16-11-26-19(25-10-14-5-6-15(21)7-17(14)22)27-18(16)24-9-13-3-1-12(8-23)2-4-13/h5-7,11-13H,1-4,8-10,23H2,(H2,24,25,26,27). The Morgan fingerprint density at radius 3 is 2.56 bits per heavy atom. The van der Waals surface area contributed by atoms with E-state index in [2.05, 4.69) is 36.5 Å². The van der Waals surface area contributed by atoms with Crippen LogP contribution in [0, 0.1) is 11.8 Å². The van der Waals surface area contributed by atoms with Gasteiger partial charge in [-0.15, -0.1) is 0 Å². The Morgan fingerprint density at radius 2 is 1.85 bits per heavy atom. The highest BCUT2D eigenvalue weighted by Crippen LogP contribution is 2.29. The molecule has 1 saturated carbocycles. The summed E-state index contributed by atoms with van der Waals surface area (Å²) < 4.78 is 0.855. The summed E-state index contributed by atoms with van der Waals surface area (Å²) in [4.78, 5) is 8.91. The van der Waals surface area contributed by atoms with Gasteiger partial charge in [-0.25, -0.2) is 4.98 Å². The van der Waals surface area contributed by atoms with Crippen LogP contribution in [0.15, 0.2) is 28.9 Å². The zero-order valence-corrected chi connectivity index (χ0v) is 18.1. The quantitative estimate of drug-likeness (QED) is 0.507. The van der Waals surface area contributed by atoms with Gasteiger partial charge in [0, 0.05) is 29.3 Å². The molecular formula is C19H24BrCl2N5. The molecule has 0 unspecified atom stereocenters. The summed E-state index contributed by atoms with van der Waals surface area (Å²) in [6.45, 7) is 2.25. The Balaban J connectivity index is 1.56. The number of hydrogen-bond acceptors (Lipinski definition) is 5. The largest absolute Gasteiger partial charge is 0.369 e. The fraction of sp³-hybridized carbons (Fsp3) is 0.474. The zero-order chi connectivity index (χ0) is 19.2. The number of rotatable bonds is 7. The summed E-state index contributed by atoms with van der Waals surface area (Å²) in [5, 5.41) is 7.92. The van der Waals surface area contributed by atoms with Crippen molar-refractivity contribution in [1.29, 1.82) is 0 Å². The van der Waals surface area contributed by atoms with Crippen LogP contribution in [0.4, 0.5) is 11.8 Å². The highest BCUT2D eigenvalue weighted by atomic mass is 79.9. The van der Waals surface area contributed by atoms with Crippen molar-refractivity contribution >= 4 is 50.9 Å². The van der Waals surface area contributed by atoms with Crippen LogP contribution in [0.5, 0.6) is 0 Å². The van der Waals surface area contributed by atoms with Crippen LogP contribution in [0.3, 0.4) is 0 Å². The molecule has 0 bridgehead atoms. The van der Waals surface area contributed by atoms with Crippen molar-refractivity contribution in [2.24, 2.45) is 17.6 Å². The van der Waals surface area contributed by atoms with E-state index in [0.717, 1.165) is 28.9 Å². The molecular weight excluding hydrogens is 449 g/mol. The first kappa shape index (κ1) is 20.6. The van der Waals surface area contributed by atoms with Gasteiger partial charge in [-0.1, -0.05) is 29.3 Å². The Morgan fingerprint density at radius 1 is 1.11 bits per heavy atom. The number of benzene rings is 1. The van der Waals surface area contributed by atoms with Gasteiger partial charge in [0.05, 0.1) is 4.47 Å². The molecule has 0 radical (unpaired) electrons. The minimum Gasteiger partial charge on any atom is -0.369 e. The summed E-state index contributed by atoms with van der Waals surface area (Å²) in [5.41, 5.74) is 6.72. The van der Waals surface area contributed by atoms with Crippen molar-refractivity contribution in [3.8, 4) is 0 Å². The molecule has 5 nitrogen and oxygen atoms in total. The molecule has 0 amide bonds. The lowest BCUT2D eigenvalue weighted by molar-refractivity contribution is 0.289. The van der Waals surface area contributed by atoms with Gasteiger partial charge in [-0.05, 0) is 77.7 Å². The first-order valence-electron chi connectivity index (χ1n) is 9.19. The summed E-state index contributed by atoms with van der Waals surface area (Å²) in [5.74, 6) is 2.72. The lowest BCUT2D eigenvalue weighted by Crippen LogP contribution is -2.25. The molecule has 1 heterocycles. The third kappa shape index (κ3) is 5.95. The van der Waals surface area contributed by atoms with Gasteiger partial charge in [0.2, 0.25) is 5.95 Å². The number of nitrogens with one attached hydrogen (secondary N) is 2. The third-order valence-electron chi connectivity index (χ3n) is 5.05. The molecule has 4 N–H and O–H groups in total. The molecule has 0 saturated heterocycles. The molecule has 1 aliphatic carbocycles. The van der Waals surface area contributed by atoms with E-state index in [9.17, 15) is 0 Å². The van der Waals surface area contributed by atoms with E-state index in [0.29, 0.717) is 34.4 Å². The number of hydrogen-bond donors (Lipinski definition) is 3. The van der Waals surface area contributed by atoms with Gasteiger partial charge in [-0.2, -0.15) is 4.98 Å². The zero-order valence-electron chi connectivity index (χ0n) is 15.0. The molecule has 146 valence electrons. The van der Waals surface area contributed by atoms with Gasteiger partial charge in [0.15, 0.2) is 0 Å². The van der Waals surface area contributed by atoms with Gasteiger partial charge in [-0.3, -0.25) is 0 Å². The summed E-state index contributed by atoms with van der Waals surface area (Å²) in [6, 6.07) is 5.45. The molecule has 8 heteroatoms. The highest BCUT2D eigenvalue weighted by Gasteiger charge is 2.20. The highest BCUT2D eigenvalue weighted by molar-refractivity contribution is 9.10. The molecule has 1 aromatic carbocycles. The normalized spacial score (nSPS) is 19.7. The monoisotopic (exact) mass is 471 g/mol. The Hall–Kier alpha value is -1.08. The van der Waals surface area contributed by atoms with E-state index < -0.39 is 0 Å². The van der Waals surface area contributed by atoms with Crippen LogP contribution >= 0.6 is 39.1 Å². The van der Waals surface area contributed by atoms with Crippen LogP contribution < -0.4 is 16.4 Å². The van der Waals surface area contributed by atoms with Gasteiger partial charge >= 0.3 is 0 Å². The van der Waals surface area contributed by atoms with Crippen molar-refractivity contribution in [3.05, 3.63) is 44.5 Å². The topological polar surface area (TPSA) is 75.9 Å². The fourth-order valence-corrected chi connectivity index (χ4v) is 4.13. The van der Waals surface area contributed by atoms with Crippen LogP contribution in [0.2, 0.25) is 10.0 Å². The SMILES string of the molecule is NCC1CCC(CNc2nc(NCc3ccc(Cl)cc3Cl)ncc2Br)CC1. The molecule has 1 fully saturated rings. The minimum absolute atomic E-state index is 0.528.